The van der Waals surface area contributed by atoms with Crippen LogP contribution < -0.4 is 11.2 Å². The predicted molar refractivity (Wildman–Crippen MR) is 128 cm³/mol. The van der Waals surface area contributed by atoms with Gasteiger partial charge in [0.2, 0.25) is 5.43 Å². The fourth-order valence-electron chi connectivity index (χ4n) is 3.24. The molecule has 0 spiro atoms. The second-order valence-corrected chi connectivity index (χ2v) is 7.93. The number of rotatable bonds is 6. The number of aliphatic imine (C=N–C) groups is 1. The van der Waals surface area contributed by atoms with Crippen LogP contribution in [0.2, 0.25) is 5.02 Å². The lowest BCUT2D eigenvalue weighted by Gasteiger charge is -2.10. The summed E-state index contributed by atoms with van der Waals surface area (Å²) in [7, 11) is 0. The summed E-state index contributed by atoms with van der Waals surface area (Å²) in [6.07, 6.45) is 5.13. The van der Waals surface area contributed by atoms with E-state index in [0.717, 1.165) is 6.20 Å². The standard InChI is InChI=1S/C24H18ClF3N6O/c1-14(29)9-20(31-18-4-2-3-17(25)11-18)23-22(35)7-8-33(32-23)21-6-5-15(10-19(21)26)16-12-30-34(13-16)24(27)28/h2-13,24H,29H2,1H3. The highest BCUT2D eigenvalue weighted by Gasteiger charge is 2.15. The molecule has 0 radical (unpaired) electrons. The number of alkyl halides is 2. The van der Waals surface area contributed by atoms with Gasteiger partial charge in [0.1, 0.15) is 11.5 Å². The molecule has 0 atom stereocenters. The van der Waals surface area contributed by atoms with Crippen molar-refractivity contribution in [1.29, 1.82) is 0 Å². The maximum Gasteiger partial charge on any atom is 0.333 e. The predicted octanol–water partition coefficient (Wildman–Crippen LogP) is 5.27. The molecule has 0 bridgehead atoms. The molecule has 0 aliphatic heterocycles. The molecule has 0 aliphatic rings. The van der Waals surface area contributed by atoms with E-state index in [9.17, 15) is 13.6 Å². The first-order valence-electron chi connectivity index (χ1n) is 10.2. The van der Waals surface area contributed by atoms with Crippen LogP contribution in [0.3, 0.4) is 0 Å². The first kappa shape index (κ1) is 24.0. The molecule has 35 heavy (non-hydrogen) atoms. The van der Waals surface area contributed by atoms with E-state index in [1.54, 1.807) is 31.2 Å². The molecule has 2 aromatic carbocycles. The number of nitrogens with two attached hydrogens (primary N) is 1. The normalized spacial score (nSPS) is 12.4. The first-order chi connectivity index (χ1) is 16.7. The average molecular weight is 499 g/mol. The van der Waals surface area contributed by atoms with E-state index in [-0.39, 0.29) is 17.1 Å². The number of allylic oxidation sites excluding steroid dienone is 2. The van der Waals surface area contributed by atoms with Crippen LogP contribution in [0.5, 0.6) is 0 Å². The van der Waals surface area contributed by atoms with Crippen molar-refractivity contribution in [2.24, 2.45) is 10.7 Å². The fourth-order valence-corrected chi connectivity index (χ4v) is 3.42. The van der Waals surface area contributed by atoms with Gasteiger partial charge < -0.3 is 5.73 Å². The minimum Gasteiger partial charge on any atom is -0.402 e. The lowest BCUT2D eigenvalue weighted by molar-refractivity contribution is 0.0566. The second-order valence-electron chi connectivity index (χ2n) is 7.49. The maximum atomic E-state index is 15.0. The molecular formula is C24H18ClF3N6O. The summed E-state index contributed by atoms with van der Waals surface area (Å²) in [5, 5.41) is 8.31. The summed E-state index contributed by atoms with van der Waals surface area (Å²) >= 11 is 6.03. The monoisotopic (exact) mass is 498 g/mol. The van der Waals surface area contributed by atoms with Gasteiger partial charge in [-0.1, -0.05) is 23.7 Å². The Balaban J connectivity index is 1.76. The van der Waals surface area contributed by atoms with Gasteiger partial charge in [0, 0.05) is 34.7 Å². The molecule has 2 heterocycles. The van der Waals surface area contributed by atoms with Crippen molar-refractivity contribution in [3.8, 4) is 16.8 Å². The molecule has 0 unspecified atom stereocenters. The summed E-state index contributed by atoms with van der Waals surface area (Å²) in [5.41, 5.74) is 7.06. The molecule has 0 amide bonds. The third kappa shape index (κ3) is 5.49. The van der Waals surface area contributed by atoms with E-state index in [1.165, 1.54) is 47.4 Å². The van der Waals surface area contributed by atoms with Gasteiger partial charge in [-0.15, -0.1) is 0 Å². The van der Waals surface area contributed by atoms with Gasteiger partial charge >= 0.3 is 6.55 Å². The van der Waals surface area contributed by atoms with E-state index >= 15 is 4.39 Å². The summed E-state index contributed by atoms with van der Waals surface area (Å²) < 4.78 is 42.3. The van der Waals surface area contributed by atoms with Gasteiger partial charge in [0.25, 0.3) is 0 Å². The van der Waals surface area contributed by atoms with Crippen molar-refractivity contribution < 1.29 is 13.2 Å². The van der Waals surface area contributed by atoms with Gasteiger partial charge in [0.15, 0.2) is 5.69 Å². The van der Waals surface area contributed by atoms with Crippen LogP contribution in [0.15, 0.2) is 88.7 Å². The SMILES string of the molecule is CC(N)=CC(=Nc1cccc(Cl)c1)c1nn(-c2ccc(-c3cnn(C(F)F)c3)cc2F)ccc1=O. The number of aromatic nitrogens is 4. The molecule has 0 fully saturated rings. The Kier molecular flexibility index (Phi) is 6.83. The zero-order chi connectivity index (χ0) is 25.1. The van der Waals surface area contributed by atoms with Gasteiger partial charge in [-0.3, -0.25) is 4.79 Å². The Morgan fingerprint density at radius 2 is 1.97 bits per heavy atom. The average Bonchev–Trinajstić information content (AvgIpc) is 3.30. The highest BCUT2D eigenvalue weighted by Crippen LogP contribution is 2.25. The molecule has 0 aliphatic carbocycles. The van der Waals surface area contributed by atoms with Crippen molar-refractivity contribution in [3.63, 3.8) is 0 Å². The number of halogens is 4. The third-order valence-electron chi connectivity index (χ3n) is 4.80. The molecule has 4 aromatic rings. The van der Waals surface area contributed by atoms with Gasteiger partial charge in [-0.05, 0) is 48.9 Å². The summed E-state index contributed by atoms with van der Waals surface area (Å²) in [6.45, 7) is -1.17. The lowest BCUT2D eigenvalue weighted by Crippen LogP contribution is -2.21. The Bertz CT molecular complexity index is 1510. The number of benzene rings is 2. The van der Waals surface area contributed by atoms with E-state index in [4.69, 9.17) is 17.3 Å². The van der Waals surface area contributed by atoms with E-state index < -0.39 is 17.8 Å². The summed E-state index contributed by atoms with van der Waals surface area (Å²) in [4.78, 5) is 17.1. The minimum atomic E-state index is -2.80. The molecule has 7 nitrogen and oxygen atoms in total. The zero-order valence-corrected chi connectivity index (χ0v) is 19.0. The van der Waals surface area contributed by atoms with E-state index in [1.807, 2.05) is 0 Å². The minimum absolute atomic E-state index is 0.0341. The largest absolute Gasteiger partial charge is 0.402 e. The smallest absolute Gasteiger partial charge is 0.333 e. The molecule has 11 heteroatoms. The summed E-state index contributed by atoms with van der Waals surface area (Å²) in [6, 6.07) is 12.1. The fraction of sp³-hybridized carbons (Fsp3) is 0.0833. The van der Waals surface area contributed by atoms with Gasteiger partial charge in [0.05, 0.1) is 17.6 Å². The van der Waals surface area contributed by atoms with Crippen molar-refractivity contribution in [2.75, 3.05) is 0 Å². The second kappa shape index (κ2) is 9.98. The van der Waals surface area contributed by atoms with Crippen LogP contribution in [0, 0.1) is 5.82 Å². The maximum absolute atomic E-state index is 15.0. The highest BCUT2D eigenvalue weighted by atomic mass is 35.5. The number of nitrogens with zero attached hydrogens (tertiary/aromatic N) is 5. The van der Waals surface area contributed by atoms with Crippen molar-refractivity contribution >= 4 is 23.0 Å². The van der Waals surface area contributed by atoms with Crippen LogP contribution in [0.25, 0.3) is 16.8 Å². The van der Waals surface area contributed by atoms with Crippen LogP contribution in [0.4, 0.5) is 18.9 Å². The van der Waals surface area contributed by atoms with Crippen LogP contribution in [-0.4, -0.2) is 25.3 Å². The molecule has 0 saturated carbocycles. The molecular weight excluding hydrogens is 481 g/mol. The molecule has 2 aromatic heterocycles. The zero-order valence-electron chi connectivity index (χ0n) is 18.2. The molecule has 4 rings (SSSR count). The van der Waals surface area contributed by atoms with E-state index in [2.05, 4.69) is 15.2 Å². The topological polar surface area (TPSA) is 91.1 Å². The quantitative estimate of drug-likeness (QED) is 0.367. The number of hydrogen-bond donors (Lipinski definition) is 1. The van der Waals surface area contributed by atoms with Gasteiger partial charge in [-0.25, -0.2) is 18.7 Å². The Labute approximate surface area is 202 Å². The lowest BCUT2D eigenvalue weighted by atomic mass is 10.1. The van der Waals surface area contributed by atoms with Crippen LogP contribution in [0.1, 0.15) is 19.2 Å². The van der Waals surface area contributed by atoms with Crippen molar-refractivity contribution in [2.45, 2.75) is 13.5 Å². The van der Waals surface area contributed by atoms with Crippen molar-refractivity contribution in [1.82, 2.24) is 19.6 Å². The Morgan fingerprint density at radius 1 is 1.17 bits per heavy atom. The van der Waals surface area contributed by atoms with Crippen LogP contribution >= 0.6 is 11.6 Å². The highest BCUT2D eigenvalue weighted by molar-refractivity contribution is 6.30. The number of hydrogen-bond acceptors (Lipinski definition) is 5. The van der Waals surface area contributed by atoms with Crippen molar-refractivity contribution in [3.05, 3.63) is 106 Å². The molecule has 2 N–H and O–H groups in total. The Morgan fingerprint density at radius 3 is 2.63 bits per heavy atom. The summed E-state index contributed by atoms with van der Waals surface area (Å²) in [5.74, 6) is -0.687. The van der Waals surface area contributed by atoms with Crippen LogP contribution in [-0.2, 0) is 0 Å². The Hall–Kier alpha value is -4.18. The molecule has 178 valence electrons. The first-order valence-corrected chi connectivity index (χ1v) is 10.6. The van der Waals surface area contributed by atoms with Gasteiger partial charge in [-0.2, -0.15) is 19.0 Å². The third-order valence-corrected chi connectivity index (χ3v) is 5.04. The van der Waals surface area contributed by atoms with E-state index in [0.29, 0.717) is 32.2 Å². The molecule has 0 saturated heterocycles.